The molecule has 0 amide bonds. The van der Waals surface area contributed by atoms with E-state index in [2.05, 4.69) is 19.1 Å². The molecule has 2 heteroatoms. The first kappa shape index (κ1) is 11.5. The topological polar surface area (TPSA) is 29.5 Å². The van der Waals surface area contributed by atoms with Crippen LogP contribution in [0, 0.1) is 0 Å². The molecule has 1 atom stereocenters. The predicted octanol–water partition coefficient (Wildman–Crippen LogP) is 3.55. The van der Waals surface area contributed by atoms with Gasteiger partial charge in [0.05, 0.1) is 7.11 Å². The molecule has 2 nitrogen and oxygen atoms in total. The summed E-state index contributed by atoms with van der Waals surface area (Å²) >= 11 is 0. The second-order valence-electron chi connectivity index (χ2n) is 4.06. The third kappa shape index (κ3) is 2.41. The molecule has 17 heavy (non-hydrogen) atoms. The van der Waals surface area contributed by atoms with Gasteiger partial charge < -0.3 is 9.84 Å². The Morgan fingerprint density at radius 3 is 2.35 bits per heavy atom. The lowest BCUT2D eigenvalue weighted by Crippen LogP contribution is -1.96. The van der Waals surface area contributed by atoms with Gasteiger partial charge in [0, 0.05) is 17.5 Å². The smallest absolute Gasteiger partial charge is 0.123 e. The van der Waals surface area contributed by atoms with E-state index in [4.69, 9.17) is 4.74 Å². The number of hydrogen-bond donors (Lipinski definition) is 1. The number of hydrogen-bond acceptors (Lipinski definition) is 2. The molecule has 0 bridgehead atoms. The van der Waals surface area contributed by atoms with Gasteiger partial charge in [0.2, 0.25) is 0 Å². The number of phenolic OH excluding ortho intramolecular Hbond substituents is 1. The van der Waals surface area contributed by atoms with Gasteiger partial charge >= 0.3 is 0 Å². The molecule has 0 aliphatic rings. The number of methoxy groups -OCH3 is 1. The Labute approximate surface area is 101 Å². The minimum Gasteiger partial charge on any atom is -0.508 e. The highest BCUT2D eigenvalue weighted by Crippen LogP contribution is 2.33. The standard InChI is InChI=1S/C15H16O2/c1-11(12-6-4-3-5-7-12)14-9-8-13(17-2)10-15(14)16/h3-11,16H,1-2H3/t11-/m0/s1. The number of benzene rings is 2. The predicted molar refractivity (Wildman–Crippen MR) is 68.6 cm³/mol. The summed E-state index contributed by atoms with van der Waals surface area (Å²) in [5.74, 6) is 1.12. The van der Waals surface area contributed by atoms with Gasteiger partial charge in [0.25, 0.3) is 0 Å². The van der Waals surface area contributed by atoms with Crippen LogP contribution in [0.15, 0.2) is 48.5 Å². The molecule has 0 spiro atoms. The summed E-state index contributed by atoms with van der Waals surface area (Å²) in [6, 6.07) is 15.6. The zero-order chi connectivity index (χ0) is 12.3. The minimum absolute atomic E-state index is 0.169. The molecule has 0 aliphatic carbocycles. The molecule has 0 unspecified atom stereocenters. The van der Waals surface area contributed by atoms with E-state index in [1.165, 1.54) is 5.56 Å². The van der Waals surface area contributed by atoms with E-state index in [-0.39, 0.29) is 11.7 Å². The van der Waals surface area contributed by atoms with Gasteiger partial charge in [0.1, 0.15) is 11.5 Å². The monoisotopic (exact) mass is 228 g/mol. The maximum atomic E-state index is 9.97. The van der Waals surface area contributed by atoms with E-state index in [0.717, 1.165) is 5.56 Å². The minimum atomic E-state index is 0.169. The fraction of sp³-hybridized carbons (Fsp3) is 0.200. The molecule has 0 fully saturated rings. The van der Waals surface area contributed by atoms with Crippen molar-refractivity contribution in [3.05, 3.63) is 59.7 Å². The summed E-state index contributed by atoms with van der Waals surface area (Å²) < 4.78 is 5.08. The van der Waals surface area contributed by atoms with E-state index in [0.29, 0.717) is 5.75 Å². The Morgan fingerprint density at radius 1 is 1.06 bits per heavy atom. The van der Waals surface area contributed by atoms with Crippen LogP contribution in [0.1, 0.15) is 24.0 Å². The molecular formula is C15H16O2. The molecule has 2 aromatic carbocycles. The molecule has 2 rings (SSSR count). The van der Waals surface area contributed by atoms with Crippen molar-refractivity contribution in [1.29, 1.82) is 0 Å². The van der Waals surface area contributed by atoms with Gasteiger partial charge in [-0.2, -0.15) is 0 Å². The van der Waals surface area contributed by atoms with Gasteiger partial charge in [0.15, 0.2) is 0 Å². The second kappa shape index (κ2) is 4.91. The zero-order valence-electron chi connectivity index (χ0n) is 10.1. The zero-order valence-corrected chi connectivity index (χ0v) is 10.1. The highest BCUT2D eigenvalue weighted by molar-refractivity contribution is 5.45. The third-order valence-electron chi connectivity index (χ3n) is 3.00. The lowest BCUT2D eigenvalue weighted by molar-refractivity contribution is 0.406. The van der Waals surface area contributed by atoms with Crippen LogP contribution in [-0.4, -0.2) is 12.2 Å². The number of rotatable bonds is 3. The second-order valence-corrected chi connectivity index (χ2v) is 4.06. The normalized spacial score (nSPS) is 12.1. The van der Waals surface area contributed by atoms with Crippen LogP contribution in [0.3, 0.4) is 0 Å². The van der Waals surface area contributed by atoms with Crippen LogP contribution in [0.5, 0.6) is 11.5 Å². The number of phenols is 1. The van der Waals surface area contributed by atoms with Crippen LogP contribution in [0.4, 0.5) is 0 Å². The molecular weight excluding hydrogens is 212 g/mol. The Hall–Kier alpha value is -1.96. The van der Waals surface area contributed by atoms with Crippen LogP contribution in [-0.2, 0) is 0 Å². The van der Waals surface area contributed by atoms with Crippen LogP contribution in [0.25, 0.3) is 0 Å². The van der Waals surface area contributed by atoms with Crippen LogP contribution >= 0.6 is 0 Å². The fourth-order valence-corrected chi connectivity index (χ4v) is 1.94. The third-order valence-corrected chi connectivity index (χ3v) is 3.00. The van der Waals surface area contributed by atoms with Crippen molar-refractivity contribution in [2.45, 2.75) is 12.8 Å². The fourth-order valence-electron chi connectivity index (χ4n) is 1.94. The maximum absolute atomic E-state index is 9.97. The first-order valence-electron chi connectivity index (χ1n) is 5.64. The van der Waals surface area contributed by atoms with Crippen molar-refractivity contribution in [1.82, 2.24) is 0 Å². The molecule has 0 radical (unpaired) electrons. The highest BCUT2D eigenvalue weighted by Gasteiger charge is 2.12. The van der Waals surface area contributed by atoms with Gasteiger partial charge in [-0.3, -0.25) is 0 Å². The van der Waals surface area contributed by atoms with Crippen LogP contribution < -0.4 is 4.74 Å². The quantitative estimate of drug-likeness (QED) is 0.870. The van der Waals surface area contributed by atoms with Crippen molar-refractivity contribution >= 4 is 0 Å². The van der Waals surface area contributed by atoms with Crippen LogP contribution in [0.2, 0.25) is 0 Å². The van der Waals surface area contributed by atoms with Crippen molar-refractivity contribution in [3.8, 4) is 11.5 Å². The van der Waals surface area contributed by atoms with Gasteiger partial charge in [-0.1, -0.05) is 43.3 Å². The largest absolute Gasteiger partial charge is 0.508 e. The van der Waals surface area contributed by atoms with Gasteiger partial charge in [-0.25, -0.2) is 0 Å². The number of ether oxygens (including phenoxy) is 1. The average Bonchev–Trinajstić information content (AvgIpc) is 2.39. The van der Waals surface area contributed by atoms with Gasteiger partial charge in [-0.15, -0.1) is 0 Å². The molecule has 0 saturated heterocycles. The molecule has 2 aromatic rings. The molecule has 0 saturated carbocycles. The van der Waals surface area contributed by atoms with Crippen molar-refractivity contribution < 1.29 is 9.84 Å². The van der Waals surface area contributed by atoms with E-state index < -0.39 is 0 Å². The lowest BCUT2D eigenvalue weighted by Gasteiger charge is -2.14. The first-order valence-corrected chi connectivity index (χ1v) is 5.64. The maximum Gasteiger partial charge on any atom is 0.123 e. The molecule has 88 valence electrons. The Kier molecular flexibility index (Phi) is 3.33. The average molecular weight is 228 g/mol. The summed E-state index contributed by atoms with van der Waals surface area (Å²) in [4.78, 5) is 0. The first-order chi connectivity index (χ1) is 8.22. The highest BCUT2D eigenvalue weighted by atomic mass is 16.5. The molecule has 0 heterocycles. The Balaban J connectivity index is 2.34. The lowest BCUT2D eigenvalue weighted by atomic mass is 9.92. The molecule has 1 N–H and O–H groups in total. The van der Waals surface area contributed by atoms with E-state index >= 15 is 0 Å². The summed E-state index contributed by atoms with van der Waals surface area (Å²) in [5, 5.41) is 9.97. The Bertz CT molecular complexity index is 492. The summed E-state index contributed by atoms with van der Waals surface area (Å²) in [7, 11) is 1.59. The van der Waals surface area contributed by atoms with E-state index in [1.54, 1.807) is 13.2 Å². The van der Waals surface area contributed by atoms with E-state index in [9.17, 15) is 5.11 Å². The Morgan fingerprint density at radius 2 is 1.76 bits per heavy atom. The van der Waals surface area contributed by atoms with Crippen molar-refractivity contribution in [2.24, 2.45) is 0 Å². The van der Waals surface area contributed by atoms with E-state index in [1.807, 2.05) is 30.3 Å². The summed E-state index contributed by atoms with van der Waals surface area (Å²) in [6.07, 6.45) is 0. The van der Waals surface area contributed by atoms with Crippen molar-refractivity contribution in [3.63, 3.8) is 0 Å². The molecule has 0 aliphatic heterocycles. The molecule has 0 aromatic heterocycles. The summed E-state index contributed by atoms with van der Waals surface area (Å²) in [5.41, 5.74) is 2.10. The number of aromatic hydroxyl groups is 1. The SMILES string of the molecule is COc1ccc([C@@H](C)c2ccccc2)c(O)c1. The van der Waals surface area contributed by atoms with Crippen molar-refractivity contribution in [2.75, 3.05) is 7.11 Å². The summed E-state index contributed by atoms with van der Waals surface area (Å²) in [6.45, 7) is 2.08. The van der Waals surface area contributed by atoms with Gasteiger partial charge in [-0.05, 0) is 11.6 Å².